The van der Waals surface area contributed by atoms with E-state index in [4.69, 9.17) is 4.74 Å². The van der Waals surface area contributed by atoms with Gasteiger partial charge < -0.3 is 10.1 Å². The van der Waals surface area contributed by atoms with Gasteiger partial charge in [-0.2, -0.15) is 0 Å². The first-order chi connectivity index (χ1) is 6.23. The molecule has 0 aromatic carbocycles. The standard InChI is InChI=1S/C11H21NO/c1-9(2)13-8-11-5-3-4-10(11)6-12-7-11/h9-10,12H,3-8H2,1-2H3. The van der Waals surface area contributed by atoms with E-state index >= 15 is 0 Å². The Morgan fingerprint density at radius 3 is 3.15 bits per heavy atom. The Balaban J connectivity index is 1.93. The summed E-state index contributed by atoms with van der Waals surface area (Å²) in [7, 11) is 0. The van der Waals surface area contributed by atoms with Gasteiger partial charge in [0, 0.05) is 12.0 Å². The normalized spacial score (nSPS) is 38.5. The van der Waals surface area contributed by atoms with Gasteiger partial charge in [0.05, 0.1) is 12.7 Å². The van der Waals surface area contributed by atoms with Gasteiger partial charge in [0.15, 0.2) is 0 Å². The van der Waals surface area contributed by atoms with E-state index < -0.39 is 0 Å². The second-order valence-electron chi connectivity index (χ2n) is 4.94. The molecular weight excluding hydrogens is 162 g/mol. The van der Waals surface area contributed by atoms with Crippen molar-refractivity contribution in [3.8, 4) is 0 Å². The lowest BCUT2D eigenvalue weighted by Crippen LogP contribution is -2.32. The van der Waals surface area contributed by atoms with Gasteiger partial charge in [0.2, 0.25) is 0 Å². The van der Waals surface area contributed by atoms with Crippen LogP contribution in [-0.2, 0) is 4.74 Å². The smallest absolute Gasteiger partial charge is 0.0541 e. The number of rotatable bonds is 3. The zero-order valence-corrected chi connectivity index (χ0v) is 8.81. The van der Waals surface area contributed by atoms with Crippen LogP contribution in [0, 0.1) is 11.3 Å². The lowest BCUT2D eigenvalue weighted by molar-refractivity contribution is 0.00495. The van der Waals surface area contributed by atoms with Crippen LogP contribution in [0.4, 0.5) is 0 Å². The van der Waals surface area contributed by atoms with Crippen LogP contribution in [0.1, 0.15) is 33.1 Å². The Hall–Kier alpha value is -0.0800. The van der Waals surface area contributed by atoms with Crippen LogP contribution in [0.15, 0.2) is 0 Å². The summed E-state index contributed by atoms with van der Waals surface area (Å²) in [5, 5.41) is 3.51. The van der Waals surface area contributed by atoms with Crippen molar-refractivity contribution >= 4 is 0 Å². The minimum absolute atomic E-state index is 0.385. The first-order valence-corrected chi connectivity index (χ1v) is 5.55. The highest BCUT2D eigenvalue weighted by atomic mass is 16.5. The molecule has 1 saturated carbocycles. The highest BCUT2D eigenvalue weighted by Gasteiger charge is 2.46. The third-order valence-corrected chi connectivity index (χ3v) is 3.67. The van der Waals surface area contributed by atoms with Crippen molar-refractivity contribution in [3.63, 3.8) is 0 Å². The molecule has 0 amide bonds. The highest BCUT2D eigenvalue weighted by Crippen LogP contribution is 2.45. The van der Waals surface area contributed by atoms with Crippen molar-refractivity contribution in [3.05, 3.63) is 0 Å². The molecule has 2 fully saturated rings. The number of nitrogens with one attached hydrogen (secondary N) is 1. The third-order valence-electron chi connectivity index (χ3n) is 3.67. The summed E-state index contributed by atoms with van der Waals surface area (Å²) in [6.45, 7) is 7.64. The maximum Gasteiger partial charge on any atom is 0.0541 e. The summed E-state index contributed by atoms with van der Waals surface area (Å²) in [6.07, 6.45) is 4.58. The average Bonchev–Trinajstić information content (AvgIpc) is 2.57. The molecule has 2 aliphatic rings. The van der Waals surface area contributed by atoms with Crippen LogP contribution in [0.5, 0.6) is 0 Å². The lowest BCUT2D eigenvalue weighted by Gasteiger charge is -2.28. The van der Waals surface area contributed by atoms with Crippen LogP contribution in [-0.4, -0.2) is 25.8 Å². The molecule has 1 heterocycles. The summed E-state index contributed by atoms with van der Waals surface area (Å²) >= 11 is 0. The fraction of sp³-hybridized carbons (Fsp3) is 1.00. The molecule has 2 rings (SSSR count). The molecule has 0 aromatic rings. The maximum atomic E-state index is 5.79. The predicted octanol–water partition coefficient (Wildman–Crippen LogP) is 1.80. The molecule has 0 bridgehead atoms. The molecular formula is C11H21NO. The molecule has 1 saturated heterocycles. The Bertz CT molecular complexity index is 169. The van der Waals surface area contributed by atoms with Gasteiger partial charge in [-0.1, -0.05) is 6.42 Å². The highest BCUT2D eigenvalue weighted by molar-refractivity contribution is 4.99. The van der Waals surface area contributed by atoms with Gasteiger partial charge in [-0.15, -0.1) is 0 Å². The van der Waals surface area contributed by atoms with E-state index in [1.807, 2.05) is 0 Å². The van der Waals surface area contributed by atoms with E-state index in [0.717, 1.165) is 12.5 Å². The molecule has 76 valence electrons. The van der Waals surface area contributed by atoms with Gasteiger partial charge >= 0.3 is 0 Å². The van der Waals surface area contributed by atoms with Gasteiger partial charge in [-0.25, -0.2) is 0 Å². The minimum atomic E-state index is 0.385. The van der Waals surface area contributed by atoms with E-state index in [1.165, 1.54) is 32.4 Å². The van der Waals surface area contributed by atoms with Gasteiger partial charge in [0.1, 0.15) is 0 Å². The lowest BCUT2D eigenvalue weighted by atomic mass is 9.81. The van der Waals surface area contributed by atoms with Crippen LogP contribution in [0.2, 0.25) is 0 Å². The molecule has 2 unspecified atom stereocenters. The molecule has 1 aliphatic carbocycles. The second kappa shape index (κ2) is 3.58. The van der Waals surface area contributed by atoms with Crippen molar-refractivity contribution in [1.29, 1.82) is 0 Å². The van der Waals surface area contributed by atoms with Crippen molar-refractivity contribution in [2.45, 2.75) is 39.2 Å². The summed E-state index contributed by atoms with van der Waals surface area (Å²) in [5.74, 6) is 0.895. The number of ether oxygens (including phenoxy) is 1. The molecule has 0 aromatic heterocycles. The van der Waals surface area contributed by atoms with Crippen LogP contribution in [0.25, 0.3) is 0 Å². The topological polar surface area (TPSA) is 21.3 Å². The molecule has 1 N–H and O–H groups in total. The fourth-order valence-electron chi connectivity index (χ4n) is 2.83. The molecule has 2 nitrogen and oxygen atoms in total. The van der Waals surface area contributed by atoms with Crippen molar-refractivity contribution in [1.82, 2.24) is 5.32 Å². The van der Waals surface area contributed by atoms with Crippen molar-refractivity contribution < 1.29 is 4.74 Å². The Morgan fingerprint density at radius 1 is 1.54 bits per heavy atom. The van der Waals surface area contributed by atoms with E-state index in [0.29, 0.717) is 11.5 Å². The fourth-order valence-corrected chi connectivity index (χ4v) is 2.83. The average molecular weight is 183 g/mol. The van der Waals surface area contributed by atoms with Crippen molar-refractivity contribution in [2.75, 3.05) is 19.7 Å². The predicted molar refractivity (Wildman–Crippen MR) is 53.7 cm³/mol. The second-order valence-corrected chi connectivity index (χ2v) is 4.94. The molecule has 2 atom stereocenters. The van der Waals surface area contributed by atoms with Gasteiger partial charge in [0.25, 0.3) is 0 Å². The Labute approximate surface area is 81.0 Å². The first kappa shape index (κ1) is 9.47. The summed E-state index contributed by atoms with van der Waals surface area (Å²) in [6, 6.07) is 0. The summed E-state index contributed by atoms with van der Waals surface area (Å²) in [5.41, 5.74) is 0.504. The molecule has 0 radical (unpaired) electrons. The van der Waals surface area contributed by atoms with E-state index in [2.05, 4.69) is 19.2 Å². The Kier molecular flexibility index (Phi) is 2.61. The largest absolute Gasteiger partial charge is 0.378 e. The molecule has 13 heavy (non-hydrogen) atoms. The summed E-state index contributed by atoms with van der Waals surface area (Å²) < 4.78 is 5.79. The molecule has 0 spiro atoms. The van der Waals surface area contributed by atoms with Gasteiger partial charge in [-0.05, 0) is 39.2 Å². The Morgan fingerprint density at radius 2 is 2.38 bits per heavy atom. The molecule has 1 aliphatic heterocycles. The zero-order valence-electron chi connectivity index (χ0n) is 8.81. The van der Waals surface area contributed by atoms with Gasteiger partial charge in [-0.3, -0.25) is 0 Å². The minimum Gasteiger partial charge on any atom is -0.378 e. The third kappa shape index (κ3) is 1.75. The summed E-state index contributed by atoms with van der Waals surface area (Å²) in [4.78, 5) is 0. The number of hydrogen-bond donors (Lipinski definition) is 1. The van der Waals surface area contributed by atoms with Crippen LogP contribution >= 0.6 is 0 Å². The maximum absolute atomic E-state index is 5.79. The van der Waals surface area contributed by atoms with Crippen LogP contribution < -0.4 is 5.32 Å². The zero-order chi connectivity index (χ0) is 9.31. The van der Waals surface area contributed by atoms with E-state index in [-0.39, 0.29) is 0 Å². The van der Waals surface area contributed by atoms with E-state index in [1.54, 1.807) is 0 Å². The van der Waals surface area contributed by atoms with E-state index in [9.17, 15) is 0 Å². The molecule has 2 heteroatoms. The van der Waals surface area contributed by atoms with Crippen LogP contribution in [0.3, 0.4) is 0 Å². The monoisotopic (exact) mass is 183 g/mol. The SMILES string of the molecule is CC(C)OCC12CCCC1CNC2. The first-order valence-electron chi connectivity index (χ1n) is 5.55. The van der Waals surface area contributed by atoms with Crippen molar-refractivity contribution in [2.24, 2.45) is 11.3 Å². The number of fused-ring (bicyclic) bond motifs is 1. The number of hydrogen-bond acceptors (Lipinski definition) is 2. The quantitative estimate of drug-likeness (QED) is 0.720.